The standard InChI is InChI=1S/C51H75BF2N10O14S2/c1-59(26-13-9-12-20-49(69)78-62-47(67)23-24-48(62)68)27-25-55-50(70)40(34-79(72,73)74)58-46(66)33-56-51(71)41(35-80(75,76)77)57-45(65)22-21-39-30-37(18-14-28-63(2,3)4)43-32-44-38(19-15-29-64(5,6)7)31-42(36-16-10-8-11-17-36)61(44)52(53,54)60(39)43/h8,10-11,16-17,30-32,40-41H,9,12-15,18-29,33-35H2,1-7H3,(H4-2,55,56,57,58,65,66,70,71,72,73,74,75,76,77)/p+1. The first-order chi connectivity index (χ1) is 37.2. The second kappa shape index (κ2) is 27.5. The van der Waals surface area contributed by atoms with Gasteiger partial charge in [0.25, 0.3) is 11.8 Å². The molecular formula is C51H76BF2N10O14S2+. The molecule has 2 aromatic rings. The Kier molecular flexibility index (Phi) is 22.2. The number of carbonyl (C=O) groups is 7. The van der Waals surface area contributed by atoms with Crippen LogP contribution < -0.4 is 26.2 Å². The Morgan fingerprint density at radius 1 is 0.750 bits per heavy atom. The number of benzene rings is 1. The van der Waals surface area contributed by atoms with Crippen molar-refractivity contribution in [1.29, 1.82) is 0 Å². The number of aromatic nitrogens is 1. The van der Waals surface area contributed by atoms with Gasteiger partial charge in [-0.2, -0.15) is 0 Å². The summed E-state index contributed by atoms with van der Waals surface area (Å²) in [7, 11) is 3.65. The van der Waals surface area contributed by atoms with Gasteiger partial charge in [-0.25, -0.2) is 21.6 Å². The minimum absolute atomic E-state index is 0.0226. The highest BCUT2D eigenvalue weighted by atomic mass is 32.2. The van der Waals surface area contributed by atoms with E-state index in [-0.39, 0.29) is 43.6 Å². The third-order valence-corrected chi connectivity index (χ3v) is 15.0. The topological polar surface area (TPSA) is 307 Å². The number of hydrogen-bond donors (Lipinski definition) is 5. The molecule has 3 aliphatic rings. The highest BCUT2D eigenvalue weighted by Gasteiger charge is 2.54. The maximum atomic E-state index is 17.6. The molecule has 0 saturated carbocycles. The molecule has 29 heteroatoms. The van der Waals surface area contributed by atoms with Crippen LogP contribution in [0.2, 0.25) is 0 Å². The summed E-state index contributed by atoms with van der Waals surface area (Å²) in [5.74, 6) is -9.37. The monoisotopic (exact) mass is 1170 g/mol. The Bertz CT molecular complexity index is 2960. The molecule has 0 bridgehead atoms. The third-order valence-electron chi connectivity index (χ3n) is 13.5. The molecule has 3 aliphatic heterocycles. The van der Waals surface area contributed by atoms with Crippen LogP contribution in [-0.2, 0) is 71.5 Å². The molecule has 24 nitrogen and oxygen atoms in total. The number of nitrogens with one attached hydrogen (secondary N) is 5. The van der Waals surface area contributed by atoms with Crippen molar-refractivity contribution in [3.63, 3.8) is 0 Å². The van der Waals surface area contributed by atoms with Crippen LogP contribution in [0, 0.1) is 0 Å². The number of hydrogen-bond acceptors (Lipinski definition) is 14. The summed E-state index contributed by atoms with van der Waals surface area (Å²) in [6.07, 6.45) is 6.61. The van der Waals surface area contributed by atoms with E-state index >= 15 is 8.63 Å². The number of aryl methyl sites for hydroxylation is 2. The summed E-state index contributed by atoms with van der Waals surface area (Å²) in [4.78, 5) is 94.0. The molecule has 5 N–H and O–H groups in total. The molecular weight excluding hydrogens is 1090 g/mol. The van der Waals surface area contributed by atoms with E-state index in [0.717, 1.165) is 38.9 Å². The zero-order valence-corrected chi connectivity index (χ0v) is 48.1. The Labute approximate surface area is 466 Å². The van der Waals surface area contributed by atoms with Gasteiger partial charge in [0.2, 0.25) is 23.6 Å². The van der Waals surface area contributed by atoms with Crippen LogP contribution in [0.3, 0.4) is 0 Å². The number of allylic oxidation sites excluding steroid dienone is 2. The molecule has 5 rings (SSSR count). The summed E-state index contributed by atoms with van der Waals surface area (Å²) in [6, 6.07) is 6.44. The third kappa shape index (κ3) is 19.8. The second-order valence-electron chi connectivity index (χ2n) is 22.6. The predicted molar refractivity (Wildman–Crippen MR) is 288 cm³/mol. The summed E-state index contributed by atoms with van der Waals surface area (Å²) in [5, 5.41) is 9.16. The van der Waals surface area contributed by atoms with Gasteiger partial charge < -0.3 is 66.7 Å². The van der Waals surface area contributed by atoms with Crippen molar-refractivity contribution < 1.29 is 91.3 Å². The van der Waals surface area contributed by atoms with Crippen molar-refractivity contribution in [2.24, 2.45) is 0 Å². The van der Waals surface area contributed by atoms with Gasteiger partial charge in [0.05, 0.1) is 120 Å². The molecule has 1 aromatic carbocycles. The average Bonchev–Trinajstić information content (AvgIpc) is 4.12. The van der Waals surface area contributed by atoms with Gasteiger partial charge in [-0.1, -0.05) is 18.2 Å². The maximum absolute atomic E-state index is 17.6. The van der Waals surface area contributed by atoms with Gasteiger partial charge in [-0.15, -0.1) is 5.06 Å². The highest BCUT2D eigenvalue weighted by molar-refractivity contribution is 7.86. The van der Waals surface area contributed by atoms with Crippen LogP contribution in [0.4, 0.5) is 8.63 Å². The van der Waals surface area contributed by atoms with E-state index in [4.69, 9.17) is 4.84 Å². The largest absolute Gasteiger partial charge is 0.748 e. The molecule has 0 aliphatic carbocycles. The fraction of sp³-hybridized carbons (Fsp3) is 0.569. The van der Waals surface area contributed by atoms with Crippen molar-refractivity contribution in [2.75, 3.05) is 100 Å². The lowest BCUT2D eigenvalue weighted by Gasteiger charge is -2.32. The lowest BCUT2D eigenvalue weighted by Crippen LogP contribution is -3.09. The summed E-state index contributed by atoms with van der Waals surface area (Å²) in [6.45, 7) is -3.30. The number of amides is 6. The minimum atomic E-state index is -5.24. The van der Waals surface area contributed by atoms with E-state index < -0.39 is 105 Å². The quantitative estimate of drug-likeness (QED) is 0.0184. The first-order valence-electron chi connectivity index (χ1n) is 26.6. The van der Waals surface area contributed by atoms with Crippen molar-refractivity contribution in [3.8, 4) is 0 Å². The molecule has 80 heavy (non-hydrogen) atoms. The summed E-state index contributed by atoms with van der Waals surface area (Å²) in [5.41, 5.74) is 3.05. The van der Waals surface area contributed by atoms with E-state index in [1.165, 1.54) is 0 Å². The zero-order chi connectivity index (χ0) is 59.4. The lowest BCUT2D eigenvalue weighted by atomic mass is 9.88. The van der Waals surface area contributed by atoms with Crippen LogP contribution in [0.1, 0.15) is 86.7 Å². The fourth-order valence-corrected chi connectivity index (χ4v) is 10.9. The Morgan fingerprint density at radius 3 is 1.91 bits per heavy atom. The SMILES string of the molecule is C[NH+](CCCCCC(=O)ON1C(=O)CCC1=O)CCNC(=O)C(CS(=O)(=O)[O-])NC(=O)CNC(=O)C(CS(=O)(=O)[O-])NC(=O)CCc1cc(CCC[N+](C)(C)C)c2n1[B-](F)(F)[N+]1=C(c3ccccc3)C=C(CCC[N+](C)(C)C)C1=C2. The highest BCUT2D eigenvalue weighted by Crippen LogP contribution is 2.40. The number of quaternary nitrogens is 3. The van der Waals surface area contributed by atoms with Gasteiger partial charge in [-0.3, -0.25) is 28.8 Å². The molecule has 4 heterocycles. The number of fused-ring (bicyclic) bond motifs is 2. The van der Waals surface area contributed by atoms with Gasteiger partial charge >= 0.3 is 12.9 Å². The van der Waals surface area contributed by atoms with E-state index in [9.17, 15) is 59.5 Å². The van der Waals surface area contributed by atoms with Crippen molar-refractivity contribution in [3.05, 3.63) is 76.3 Å². The van der Waals surface area contributed by atoms with Gasteiger partial charge in [0.1, 0.15) is 12.1 Å². The lowest BCUT2D eigenvalue weighted by molar-refractivity contribution is -0.878. The number of carbonyl (C=O) groups excluding carboxylic acids is 7. The number of nitrogens with zero attached hydrogens (tertiary/aromatic N) is 5. The van der Waals surface area contributed by atoms with E-state index in [1.807, 2.05) is 37.9 Å². The first-order valence-corrected chi connectivity index (χ1v) is 29.8. The minimum Gasteiger partial charge on any atom is -0.748 e. The number of rotatable bonds is 32. The van der Waals surface area contributed by atoms with E-state index in [0.29, 0.717) is 88.2 Å². The van der Waals surface area contributed by atoms with Crippen LogP contribution in [0.15, 0.2) is 53.7 Å². The second-order valence-corrected chi connectivity index (χ2v) is 25.5. The molecule has 1 saturated heterocycles. The molecule has 3 atom stereocenters. The normalized spacial score (nSPS) is 16.5. The number of likely N-dealkylation sites (N-methyl/N-ethyl adjacent to an activating group) is 1. The van der Waals surface area contributed by atoms with Crippen molar-refractivity contribution >= 4 is 80.4 Å². The van der Waals surface area contributed by atoms with Crippen LogP contribution in [-0.4, -0.2) is 215 Å². The first kappa shape index (κ1) is 64.6. The molecule has 442 valence electrons. The number of imide groups is 1. The number of halogens is 2. The Balaban J connectivity index is 1.21. The molecule has 1 aromatic heterocycles. The number of hydroxylamine groups is 2. The Hall–Kier alpha value is -6.24. The zero-order valence-electron chi connectivity index (χ0n) is 46.5. The van der Waals surface area contributed by atoms with Crippen molar-refractivity contribution in [1.82, 2.24) is 30.8 Å². The summed E-state index contributed by atoms with van der Waals surface area (Å²) < 4.78 is 110. The van der Waals surface area contributed by atoms with Gasteiger partial charge in [0.15, 0.2) is 11.4 Å². The molecule has 1 fully saturated rings. The number of unbranched alkanes of at least 4 members (excludes halogenated alkanes) is 2. The van der Waals surface area contributed by atoms with Gasteiger partial charge in [0, 0.05) is 67.5 Å². The molecule has 3 unspecified atom stereocenters. The van der Waals surface area contributed by atoms with Gasteiger partial charge in [-0.05, 0) is 68.0 Å². The van der Waals surface area contributed by atoms with Crippen LogP contribution >= 0.6 is 0 Å². The smallest absolute Gasteiger partial charge is 0.737 e. The maximum Gasteiger partial charge on any atom is 0.737 e. The van der Waals surface area contributed by atoms with E-state index in [2.05, 4.69) is 31.8 Å². The molecule has 6 amide bonds. The van der Waals surface area contributed by atoms with Crippen molar-refractivity contribution in [2.45, 2.75) is 89.1 Å². The Morgan fingerprint density at radius 2 is 1.32 bits per heavy atom. The summed E-state index contributed by atoms with van der Waals surface area (Å²) >= 11 is 0. The van der Waals surface area contributed by atoms with E-state index in [1.54, 1.807) is 49.5 Å². The van der Waals surface area contributed by atoms with Crippen LogP contribution in [0.25, 0.3) is 6.08 Å². The molecule has 0 radical (unpaired) electrons. The average molecular weight is 1170 g/mol. The predicted octanol–water partition coefficient (Wildman–Crippen LogP) is -1.46. The van der Waals surface area contributed by atoms with Crippen LogP contribution in [0.5, 0.6) is 0 Å². The fourth-order valence-electron chi connectivity index (χ4n) is 9.57. The molecule has 0 spiro atoms.